The number of hydrogen-bond acceptors (Lipinski definition) is 5. The molecule has 0 amide bonds. The Bertz CT molecular complexity index is 1150. The summed E-state index contributed by atoms with van der Waals surface area (Å²) in [5.74, 6) is 1.90. The number of hydrogen-bond donors (Lipinski definition) is 3. The van der Waals surface area contributed by atoms with Gasteiger partial charge in [0.15, 0.2) is 0 Å². The van der Waals surface area contributed by atoms with Gasteiger partial charge in [0.05, 0.1) is 18.1 Å². The lowest BCUT2D eigenvalue weighted by atomic mass is 9.45. The van der Waals surface area contributed by atoms with E-state index in [4.69, 9.17) is 4.74 Å². The van der Waals surface area contributed by atoms with Gasteiger partial charge in [0.1, 0.15) is 11.4 Å². The van der Waals surface area contributed by atoms with Crippen molar-refractivity contribution in [3.05, 3.63) is 42.0 Å². The molecule has 5 saturated carbocycles. The Morgan fingerprint density at radius 3 is 2.84 bits per heavy atom. The molecule has 0 heterocycles. The van der Waals surface area contributed by atoms with E-state index in [1.807, 2.05) is 0 Å². The molecule has 0 radical (unpaired) electrons. The minimum Gasteiger partial charge on any atom is -0.392 e. The Kier molecular flexibility index (Phi) is 5.22. The van der Waals surface area contributed by atoms with E-state index in [1.165, 1.54) is 31.2 Å². The standard InChI is InChI=1S/C32H43NO4/c1-19(34)18-33-23-7-4-6-20(15-23)14-21-9-12-30-13-10-22-17-31(11-5-8-24(21)30)29(30,2)27(22)28-25(35)16-26(37-3)32(28,31)36/h4-8,15,19,21-22,24,26-28,33-34,36H,9-14,16-18H2,1-3H3/t19-,21+,22-,24-,26-,27-,28+,29+,30-,31-,32+/m0/s1. The number of allylic oxidation sites excluding steroid dienone is 2. The molecule has 1 aromatic rings. The number of Topliss-reactive ketones (excluding diaryl/α,β-unsaturated/α-hetero) is 1. The van der Waals surface area contributed by atoms with Gasteiger partial charge >= 0.3 is 0 Å². The van der Waals surface area contributed by atoms with Crippen molar-refractivity contribution < 1.29 is 19.7 Å². The molecule has 37 heavy (non-hydrogen) atoms. The smallest absolute Gasteiger partial charge is 0.141 e. The van der Waals surface area contributed by atoms with Crippen LogP contribution in [0.15, 0.2) is 36.4 Å². The zero-order valence-corrected chi connectivity index (χ0v) is 22.6. The number of ketones is 1. The van der Waals surface area contributed by atoms with Crippen molar-refractivity contribution in [3.8, 4) is 0 Å². The molecule has 4 bridgehead atoms. The number of benzene rings is 1. The highest BCUT2D eigenvalue weighted by Crippen LogP contribution is 2.88. The Labute approximate surface area is 221 Å². The number of aliphatic hydroxyl groups excluding tert-OH is 1. The van der Waals surface area contributed by atoms with Crippen LogP contribution in [0, 0.1) is 45.8 Å². The predicted octanol–water partition coefficient (Wildman–Crippen LogP) is 4.77. The third-order valence-corrected chi connectivity index (χ3v) is 12.8. The Balaban J connectivity index is 1.26. The fraction of sp³-hybridized carbons (Fsp3) is 0.719. The molecule has 6 aliphatic rings. The summed E-state index contributed by atoms with van der Waals surface area (Å²) in [7, 11) is 1.69. The summed E-state index contributed by atoms with van der Waals surface area (Å²) in [4.78, 5) is 13.5. The Morgan fingerprint density at radius 2 is 2.05 bits per heavy atom. The molecule has 5 heteroatoms. The Morgan fingerprint density at radius 1 is 1.24 bits per heavy atom. The van der Waals surface area contributed by atoms with E-state index in [-0.39, 0.29) is 46.1 Å². The van der Waals surface area contributed by atoms with Crippen LogP contribution < -0.4 is 5.32 Å². The van der Waals surface area contributed by atoms with Gasteiger partial charge in [-0.15, -0.1) is 0 Å². The van der Waals surface area contributed by atoms with Gasteiger partial charge in [-0.3, -0.25) is 4.79 Å². The molecule has 0 saturated heterocycles. The number of anilines is 1. The van der Waals surface area contributed by atoms with Crippen molar-refractivity contribution in [2.45, 2.75) is 83.0 Å². The van der Waals surface area contributed by atoms with Crippen molar-refractivity contribution in [1.82, 2.24) is 0 Å². The minimum atomic E-state index is -1.03. The van der Waals surface area contributed by atoms with E-state index in [0.29, 0.717) is 30.7 Å². The molecule has 6 aliphatic carbocycles. The highest BCUT2D eigenvalue weighted by Gasteiger charge is 2.89. The molecule has 5 fully saturated rings. The summed E-state index contributed by atoms with van der Waals surface area (Å²) in [6, 6.07) is 8.70. The number of carbonyl (C=O) groups is 1. The lowest BCUT2D eigenvalue weighted by molar-refractivity contribution is -0.193. The lowest BCUT2D eigenvalue weighted by Crippen LogP contribution is -2.60. The zero-order valence-electron chi connectivity index (χ0n) is 22.6. The van der Waals surface area contributed by atoms with Crippen molar-refractivity contribution in [3.63, 3.8) is 0 Å². The van der Waals surface area contributed by atoms with Crippen LogP contribution in [0.2, 0.25) is 0 Å². The topological polar surface area (TPSA) is 78.8 Å². The zero-order chi connectivity index (χ0) is 25.8. The molecule has 7 rings (SSSR count). The van der Waals surface area contributed by atoms with Gasteiger partial charge in [0.2, 0.25) is 0 Å². The van der Waals surface area contributed by atoms with Crippen LogP contribution in [0.3, 0.4) is 0 Å². The van der Waals surface area contributed by atoms with Gasteiger partial charge < -0.3 is 20.3 Å². The molecule has 5 nitrogen and oxygen atoms in total. The number of carbonyl (C=O) groups excluding carboxylic acids is 1. The van der Waals surface area contributed by atoms with E-state index >= 15 is 0 Å². The number of nitrogens with one attached hydrogen (secondary N) is 1. The maximum atomic E-state index is 13.5. The number of ether oxygens (including phenoxy) is 1. The van der Waals surface area contributed by atoms with Gasteiger partial charge in [-0.2, -0.15) is 0 Å². The van der Waals surface area contributed by atoms with Gasteiger partial charge in [-0.1, -0.05) is 31.2 Å². The molecule has 1 spiro atoms. The molecule has 0 unspecified atom stereocenters. The molecular weight excluding hydrogens is 462 g/mol. The van der Waals surface area contributed by atoms with Crippen molar-refractivity contribution >= 4 is 11.5 Å². The first kappa shape index (κ1) is 24.4. The highest BCUT2D eigenvalue weighted by molar-refractivity contribution is 5.88. The van der Waals surface area contributed by atoms with E-state index in [0.717, 1.165) is 24.9 Å². The maximum Gasteiger partial charge on any atom is 0.141 e. The Hall–Kier alpha value is -1.69. The van der Waals surface area contributed by atoms with E-state index < -0.39 is 5.60 Å². The second-order valence-corrected chi connectivity index (χ2v) is 13.8. The average Bonchev–Trinajstić information content (AvgIpc) is 3.44. The van der Waals surface area contributed by atoms with Crippen molar-refractivity contribution in [2.75, 3.05) is 19.0 Å². The third-order valence-electron chi connectivity index (χ3n) is 12.8. The van der Waals surface area contributed by atoms with Gasteiger partial charge in [-0.05, 0) is 104 Å². The molecular formula is C32H43NO4. The number of methoxy groups -OCH3 is 1. The molecule has 1 aromatic carbocycles. The summed E-state index contributed by atoms with van der Waals surface area (Å²) < 4.78 is 5.91. The highest BCUT2D eigenvalue weighted by atomic mass is 16.5. The molecule has 0 aliphatic heterocycles. The lowest BCUT2D eigenvalue weighted by Gasteiger charge is -2.59. The molecule has 11 atom stereocenters. The summed E-state index contributed by atoms with van der Waals surface area (Å²) in [5, 5.41) is 25.7. The van der Waals surface area contributed by atoms with Gasteiger partial charge in [0, 0.05) is 31.2 Å². The fourth-order valence-electron chi connectivity index (χ4n) is 11.8. The normalized spacial score (nSPS) is 49.6. The summed E-state index contributed by atoms with van der Waals surface area (Å²) in [6.45, 7) is 4.87. The minimum absolute atomic E-state index is 0.0429. The van der Waals surface area contributed by atoms with E-state index in [9.17, 15) is 15.0 Å². The van der Waals surface area contributed by atoms with Crippen LogP contribution in [0.5, 0.6) is 0 Å². The first-order valence-corrected chi connectivity index (χ1v) is 14.7. The SMILES string of the molecule is CO[C@H]1CC(=O)[C@@H]2[C@@H]3[C@H]4CC[C@@]56CC[C@H](Cc7cccc(NC[C@H](C)O)c7)[C@@H]5C=CC[C@@](C4)([C@@]12O)[C@]36C. The number of rotatable bonds is 6. The van der Waals surface area contributed by atoms with E-state index in [2.05, 4.69) is 48.7 Å². The van der Waals surface area contributed by atoms with Crippen LogP contribution in [0.1, 0.15) is 64.4 Å². The maximum absolute atomic E-state index is 13.5. The quantitative estimate of drug-likeness (QED) is 0.486. The second-order valence-electron chi connectivity index (χ2n) is 13.8. The van der Waals surface area contributed by atoms with Gasteiger partial charge in [-0.25, -0.2) is 0 Å². The molecule has 3 N–H and O–H groups in total. The predicted molar refractivity (Wildman–Crippen MR) is 143 cm³/mol. The largest absolute Gasteiger partial charge is 0.392 e. The van der Waals surface area contributed by atoms with Crippen LogP contribution in [0.25, 0.3) is 0 Å². The first-order valence-electron chi connectivity index (χ1n) is 14.7. The molecule has 200 valence electrons. The van der Waals surface area contributed by atoms with E-state index in [1.54, 1.807) is 14.0 Å². The monoisotopic (exact) mass is 505 g/mol. The summed E-state index contributed by atoms with van der Waals surface area (Å²) in [6.07, 6.45) is 12.4. The van der Waals surface area contributed by atoms with Crippen LogP contribution in [-0.4, -0.2) is 47.5 Å². The third kappa shape index (κ3) is 2.74. The fourth-order valence-corrected chi connectivity index (χ4v) is 11.8. The molecule has 0 aromatic heterocycles. The van der Waals surface area contributed by atoms with Crippen LogP contribution >= 0.6 is 0 Å². The summed E-state index contributed by atoms with van der Waals surface area (Å²) >= 11 is 0. The average molecular weight is 506 g/mol. The number of aliphatic hydroxyl groups is 2. The van der Waals surface area contributed by atoms with Gasteiger partial charge in [0.25, 0.3) is 0 Å². The van der Waals surface area contributed by atoms with Crippen LogP contribution in [0.4, 0.5) is 5.69 Å². The van der Waals surface area contributed by atoms with Crippen molar-refractivity contribution in [2.24, 2.45) is 45.8 Å². The summed E-state index contributed by atoms with van der Waals surface area (Å²) in [5.41, 5.74) is 1.22. The second kappa shape index (κ2) is 7.92. The van der Waals surface area contributed by atoms with Crippen molar-refractivity contribution in [1.29, 1.82) is 0 Å². The number of fused-ring (bicyclic) bond motifs is 1. The van der Waals surface area contributed by atoms with Crippen LogP contribution in [-0.2, 0) is 16.0 Å². The first-order chi connectivity index (χ1) is 17.7.